The largest absolute Gasteiger partial charge is 0.382 e. The molecule has 3 aromatic rings. The van der Waals surface area contributed by atoms with Gasteiger partial charge in [-0.3, -0.25) is 4.98 Å². The average molecular weight is 575 g/mol. The Kier molecular flexibility index (Phi) is 9.85. The molecule has 0 radical (unpaired) electrons. The number of fused-ring (bicyclic) bond motifs is 1. The SMILES string of the molecule is C/C=C(/Cl)S/C(=C/CC)C1CCCC(n2c(-c3ccccc3F)nc3cnc(C(N)=N/C=N/C(F)F)cc32)C1. The van der Waals surface area contributed by atoms with Gasteiger partial charge in [0.25, 0.3) is 0 Å². The molecule has 206 valence electrons. The van der Waals surface area contributed by atoms with Gasteiger partial charge in [0.1, 0.15) is 29.2 Å². The highest BCUT2D eigenvalue weighted by molar-refractivity contribution is 8.08. The summed E-state index contributed by atoms with van der Waals surface area (Å²) in [4.78, 5) is 17.1. The van der Waals surface area contributed by atoms with E-state index in [1.165, 1.54) is 11.0 Å². The zero-order chi connectivity index (χ0) is 27.9. The van der Waals surface area contributed by atoms with Crippen molar-refractivity contribution >= 4 is 46.6 Å². The predicted molar refractivity (Wildman–Crippen MR) is 155 cm³/mol. The second-order valence-corrected chi connectivity index (χ2v) is 10.9. The van der Waals surface area contributed by atoms with Gasteiger partial charge >= 0.3 is 6.55 Å². The molecule has 0 amide bonds. The number of thioether (sulfide) groups is 1. The molecular formula is C28H30ClF3N6S. The van der Waals surface area contributed by atoms with E-state index < -0.39 is 6.55 Å². The van der Waals surface area contributed by atoms with Crippen LogP contribution < -0.4 is 5.73 Å². The number of imidazole rings is 1. The second kappa shape index (κ2) is 13.3. The van der Waals surface area contributed by atoms with E-state index in [9.17, 15) is 8.78 Å². The summed E-state index contributed by atoms with van der Waals surface area (Å²) in [5, 5.41) is 0. The molecule has 11 heteroatoms. The fourth-order valence-electron chi connectivity index (χ4n) is 4.87. The number of amidine groups is 1. The zero-order valence-electron chi connectivity index (χ0n) is 21.7. The summed E-state index contributed by atoms with van der Waals surface area (Å²) in [6.07, 6.45) is 11.0. The van der Waals surface area contributed by atoms with Crippen molar-refractivity contribution in [1.82, 2.24) is 14.5 Å². The fraction of sp³-hybridized carbons (Fsp3) is 0.357. The summed E-state index contributed by atoms with van der Waals surface area (Å²) < 4.78 is 42.6. The van der Waals surface area contributed by atoms with Gasteiger partial charge in [-0.1, -0.05) is 61.0 Å². The Balaban J connectivity index is 1.82. The van der Waals surface area contributed by atoms with Crippen LogP contribution in [0.5, 0.6) is 0 Å². The number of alkyl halides is 2. The molecule has 2 aromatic heterocycles. The van der Waals surface area contributed by atoms with E-state index in [-0.39, 0.29) is 23.6 Å². The highest BCUT2D eigenvalue weighted by atomic mass is 35.5. The lowest BCUT2D eigenvalue weighted by Crippen LogP contribution is -2.21. The number of rotatable bonds is 9. The van der Waals surface area contributed by atoms with Crippen LogP contribution in [-0.4, -0.2) is 33.3 Å². The van der Waals surface area contributed by atoms with Crippen molar-refractivity contribution < 1.29 is 13.2 Å². The van der Waals surface area contributed by atoms with E-state index in [2.05, 4.69) is 32.5 Å². The van der Waals surface area contributed by atoms with Gasteiger partial charge in [0.05, 0.1) is 21.6 Å². The molecule has 1 aromatic carbocycles. The molecule has 1 aliphatic carbocycles. The molecule has 4 rings (SSSR count). The lowest BCUT2D eigenvalue weighted by Gasteiger charge is -2.33. The van der Waals surface area contributed by atoms with Crippen molar-refractivity contribution in [3.05, 3.63) is 69.5 Å². The number of hydrogen-bond acceptors (Lipinski definition) is 4. The summed E-state index contributed by atoms with van der Waals surface area (Å²) in [7, 11) is 0. The number of pyridine rings is 1. The normalized spacial score (nSPS) is 19.5. The monoisotopic (exact) mass is 574 g/mol. The zero-order valence-corrected chi connectivity index (χ0v) is 23.3. The lowest BCUT2D eigenvalue weighted by atomic mass is 9.84. The molecule has 39 heavy (non-hydrogen) atoms. The molecule has 2 N–H and O–H groups in total. The average Bonchev–Trinajstić information content (AvgIpc) is 3.31. The summed E-state index contributed by atoms with van der Waals surface area (Å²) in [5.41, 5.74) is 8.00. The Hall–Kier alpha value is -3.11. The van der Waals surface area contributed by atoms with Gasteiger partial charge in [-0.2, -0.15) is 8.78 Å². The second-order valence-electron chi connectivity index (χ2n) is 9.13. The molecule has 0 bridgehead atoms. The topological polar surface area (TPSA) is 81.5 Å². The highest BCUT2D eigenvalue weighted by Crippen LogP contribution is 2.45. The van der Waals surface area contributed by atoms with E-state index >= 15 is 4.39 Å². The van der Waals surface area contributed by atoms with Gasteiger partial charge in [-0.15, -0.1) is 0 Å². The number of aliphatic imine (C=N–C) groups is 2. The van der Waals surface area contributed by atoms with E-state index in [1.54, 1.807) is 42.2 Å². The first-order valence-electron chi connectivity index (χ1n) is 12.8. The van der Waals surface area contributed by atoms with Crippen LogP contribution in [0.2, 0.25) is 0 Å². The van der Waals surface area contributed by atoms with E-state index in [1.807, 2.05) is 13.0 Å². The Morgan fingerprint density at radius 2 is 2.10 bits per heavy atom. The standard InChI is InChI=1S/C28H30ClF3N6S/c1-3-8-24(39-25(29)4-2)17-9-7-10-18(13-17)38-23-14-21(26(33)35-16-36-28(31)32)34-15-22(23)37-27(38)19-11-5-6-12-20(19)30/h4-6,8,11-12,14-18,28H,3,7,9-10,13H2,1-2H3,(H2,33,35,36)/b24-8+,25-4-. The summed E-state index contributed by atoms with van der Waals surface area (Å²) in [6.45, 7) is 1.14. The van der Waals surface area contributed by atoms with Gasteiger partial charge < -0.3 is 10.3 Å². The van der Waals surface area contributed by atoms with Crippen molar-refractivity contribution in [2.45, 2.75) is 58.5 Å². The van der Waals surface area contributed by atoms with Crippen LogP contribution in [0.3, 0.4) is 0 Å². The van der Waals surface area contributed by atoms with E-state index in [0.717, 1.165) is 42.8 Å². The number of hydrogen-bond donors (Lipinski definition) is 1. The number of halogens is 4. The maximum atomic E-state index is 15.0. The molecule has 1 fully saturated rings. The maximum absolute atomic E-state index is 15.0. The third kappa shape index (κ3) is 6.91. The van der Waals surface area contributed by atoms with Crippen LogP contribution in [-0.2, 0) is 0 Å². The predicted octanol–water partition coefficient (Wildman–Crippen LogP) is 8.05. The van der Waals surface area contributed by atoms with Gasteiger partial charge in [-0.05, 0) is 61.6 Å². The molecule has 2 atom stereocenters. The number of allylic oxidation sites excluding steroid dienone is 3. The first-order valence-corrected chi connectivity index (χ1v) is 14.0. The number of aromatic nitrogens is 3. The third-order valence-electron chi connectivity index (χ3n) is 6.59. The molecule has 0 saturated heterocycles. The minimum Gasteiger partial charge on any atom is -0.382 e. The van der Waals surface area contributed by atoms with Crippen molar-refractivity contribution in [2.75, 3.05) is 0 Å². The van der Waals surface area contributed by atoms with Crippen LogP contribution in [0.25, 0.3) is 22.4 Å². The molecule has 6 nitrogen and oxygen atoms in total. The van der Waals surface area contributed by atoms with Gasteiger partial charge in [0.2, 0.25) is 0 Å². The van der Waals surface area contributed by atoms with Gasteiger partial charge in [-0.25, -0.2) is 19.4 Å². The van der Waals surface area contributed by atoms with Crippen molar-refractivity contribution in [3.63, 3.8) is 0 Å². The molecular weight excluding hydrogens is 545 g/mol. The maximum Gasteiger partial charge on any atom is 0.333 e. The Morgan fingerprint density at radius 3 is 2.82 bits per heavy atom. The molecule has 1 aliphatic rings. The van der Waals surface area contributed by atoms with Crippen molar-refractivity contribution in [3.8, 4) is 11.4 Å². The quantitative estimate of drug-likeness (QED) is 0.159. The van der Waals surface area contributed by atoms with Gasteiger partial charge in [0, 0.05) is 6.04 Å². The number of nitrogens with zero attached hydrogens (tertiary/aromatic N) is 5. The highest BCUT2D eigenvalue weighted by Gasteiger charge is 2.30. The van der Waals surface area contributed by atoms with Crippen LogP contribution in [0, 0.1) is 11.7 Å². The van der Waals surface area contributed by atoms with Crippen LogP contribution in [0.1, 0.15) is 57.7 Å². The van der Waals surface area contributed by atoms with Crippen LogP contribution in [0.15, 0.2) is 67.9 Å². The van der Waals surface area contributed by atoms with Crippen LogP contribution >= 0.6 is 23.4 Å². The first-order chi connectivity index (χ1) is 18.8. The Labute approximate surface area is 235 Å². The minimum absolute atomic E-state index is 0.0161. The smallest absolute Gasteiger partial charge is 0.333 e. The summed E-state index contributed by atoms with van der Waals surface area (Å²) in [5.74, 6) is 0.351. The van der Waals surface area contributed by atoms with E-state index in [0.29, 0.717) is 28.1 Å². The van der Waals surface area contributed by atoms with E-state index in [4.69, 9.17) is 22.3 Å². The molecule has 0 spiro atoms. The van der Waals surface area contributed by atoms with Gasteiger partial charge in [0.15, 0.2) is 5.84 Å². The Bertz CT molecular complexity index is 1430. The summed E-state index contributed by atoms with van der Waals surface area (Å²) >= 11 is 7.99. The van der Waals surface area contributed by atoms with Crippen LogP contribution in [0.4, 0.5) is 13.2 Å². The lowest BCUT2D eigenvalue weighted by molar-refractivity contribution is 0.160. The summed E-state index contributed by atoms with van der Waals surface area (Å²) in [6, 6.07) is 8.28. The molecule has 2 unspecified atom stereocenters. The third-order valence-corrected chi connectivity index (χ3v) is 8.21. The number of nitrogens with two attached hydrogens (primary N) is 1. The molecule has 0 aliphatic heterocycles. The minimum atomic E-state index is -2.88. The molecule has 1 saturated carbocycles. The molecule has 2 heterocycles. The fourth-order valence-corrected chi connectivity index (χ4v) is 6.12. The number of benzene rings is 1. The van der Waals surface area contributed by atoms with Crippen molar-refractivity contribution in [2.24, 2.45) is 21.6 Å². The first kappa shape index (κ1) is 28.9. The Morgan fingerprint density at radius 1 is 1.31 bits per heavy atom. The van der Waals surface area contributed by atoms with Crippen molar-refractivity contribution in [1.29, 1.82) is 0 Å².